The number of imide groups is 1. The highest BCUT2D eigenvalue weighted by molar-refractivity contribution is 7.86. The quantitative estimate of drug-likeness (QED) is 0.423. The van der Waals surface area contributed by atoms with E-state index in [2.05, 4.69) is 0 Å². The van der Waals surface area contributed by atoms with Crippen molar-refractivity contribution in [1.82, 2.24) is 5.06 Å². The Morgan fingerprint density at radius 2 is 1.47 bits per heavy atom. The van der Waals surface area contributed by atoms with E-state index in [1.807, 2.05) is 0 Å². The number of amides is 2. The minimum atomic E-state index is -4.41. The largest absolute Gasteiger partial charge is 0.415 e. The van der Waals surface area contributed by atoms with E-state index < -0.39 is 30.2 Å². The molecule has 0 spiro atoms. The summed E-state index contributed by atoms with van der Waals surface area (Å²) in [5.74, 6) is -1.69. The molecule has 0 aliphatic carbocycles. The lowest BCUT2D eigenvalue weighted by atomic mass is 10.1. The number of hydrogen-bond acceptors (Lipinski definition) is 8. The molecule has 2 aromatic carbocycles. The summed E-state index contributed by atoms with van der Waals surface area (Å²) in [4.78, 5) is 24.4. The van der Waals surface area contributed by atoms with Gasteiger partial charge in [-0.1, -0.05) is 24.3 Å². The number of aryl methyl sites for hydroxylation is 1. The van der Waals surface area contributed by atoms with Gasteiger partial charge < -0.3 is 14.6 Å². The fourth-order valence-electron chi connectivity index (χ4n) is 3.01. The summed E-state index contributed by atoms with van der Waals surface area (Å²) in [6, 6.07) is 12.1. The van der Waals surface area contributed by atoms with E-state index in [0.29, 0.717) is 12.5 Å². The fourth-order valence-corrected chi connectivity index (χ4v) is 5.52. The van der Waals surface area contributed by atoms with Gasteiger partial charge in [-0.15, -0.1) is 9.35 Å². The van der Waals surface area contributed by atoms with Gasteiger partial charge in [0.2, 0.25) is 8.32 Å². The van der Waals surface area contributed by atoms with Gasteiger partial charge in [-0.05, 0) is 42.3 Å². The van der Waals surface area contributed by atoms with Gasteiger partial charge in [0.05, 0.1) is 28.5 Å². The van der Waals surface area contributed by atoms with Crippen LogP contribution in [0.1, 0.15) is 26.3 Å². The summed E-state index contributed by atoms with van der Waals surface area (Å²) < 4.78 is 35.2. The molecule has 1 aliphatic heterocycles. The predicted octanol–water partition coefficient (Wildman–Crippen LogP) is 0.800. The van der Waals surface area contributed by atoms with Gasteiger partial charge in [0.25, 0.3) is 11.8 Å². The van der Waals surface area contributed by atoms with Gasteiger partial charge >= 0.3 is 10.1 Å². The Hall–Kier alpha value is -2.41. The molecule has 2 amide bonds. The van der Waals surface area contributed by atoms with Gasteiger partial charge in [0, 0.05) is 7.11 Å². The lowest BCUT2D eigenvalue weighted by Crippen LogP contribution is -2.46. The molecule has 0 fully saturated rings. The van der Waals surface area contributed by atoms with Crippen molar-refractivity contribution in [3.63, 3.8) is 0 Å². The summed E-state index contributed by atoms with van der Waals surface area (Å²) in [7, 11) is -5.60. The summed E-state index contributed by atoms with van der Waals surface area (Å²) in [6.45, 7) is 0. The first-order valence-corrected chi connectivity index (χ1v) is 13.0. The Morgan fingerprint density at radius 3 is 1.93 bits per heavy atom. The van der Waals surface area contributed by atoms with E-state index >= 15 is 0 Å². The second-order valence-corrected chi connectivity index (χ2v) is 12.3. The smallest absolute Gasteiger partial charge is 0.318 e. The van der Waals surface area contributed by atoms with Crippen molar-refractivity contribution in [3.05, 3.63) is 65.2 Å². The number of benzene rings is 2. The van der Waals surface area contributed by atoms with Crippen LogP contribution < -0.4 is 0 Å². The number of fused-ring (bicyclic) bond motifs is 1. The molecular formula is C19H21NO8SSi. The average molecular weight is 452 g/mol. The van der Waals surface area contributed by atoms with Gasteiger partial charge in [0.1, 0.15) is 0 Å². The highest BCUT2D eigenvalue weighted by Crippen LogP contribution is 2.26. The van der Waals surface area contributed by atoms with Gasteiger partial charge in [-0.3, -0.25) is 9.59 Å². The second-order valence-electron chi connectivity index (χ2n) is 6.83. The van der Waals surface area contributed by atoms with Crippen molar-refractivity contribution in [2.75, 3.05) is 19.6 Å². The molecule has 0 aromatic heterocycles. The Labute approximate surface area is 174 Å². The maximum Gasteiger partial charge on any atom is 0.318 e. The van der Waals surface area contributed by atoms with Crippen LogP contribution in [0, 0.1) is 0 Å². The van der Waals surface area contributed by atoms with Crippen molar-refractivity contribution in [2.45, 2.75) is 17.4 Å². The molecule has 1 heterocycles. The highest BCUT2D eigenvalue weighted by atomic mass is 32.2. The van der Waals surface area contributed by atoms with Crippen LogP contribution in [-0.4, -0.2) is 63.4 Å². The monoisotopic (exact) mass is 451 g/mol. The van der Waals surface area contributed by atoms with Crippen LogP contribution in [0.3, 0.4) is 0 Å². The third kappa shape index (κ3) is 4.21. The van der Waals surface area contributed by atoms with Gasteiger partial charge in [-0.25, -0.2) is 0 Å². The van der Waals surface area contributed by atoms with Gasteiger partial charge in [-0.2, -0.15) is 8.42 Å². The zero-order valence-electron chi connectivity index (χ0n) is 16.1. The summed E-state index contributed by atoms with van der Waals surface area (Å²) in [5.41, 5.74) is 0.920. The Balaban J connectivity index is 1.72. The lowest BCUT2D eigenvalue weighted by Gasteiger charge is -2.25. The van der Waals surface area contributed by atoms with Crippen LogP contribution in [0.2, 0.25) is 6.04 Å². The van der Waals surface area contributed by atoms with Crippen LogP contribution in [0.25, 0.3) is 0 Å². The van der Waals surface area contributed by atoms with Crippen molar-refractivity contribution in [3.8, 4) is 0 Å². The van der Waals surface area contributed by atoms with Crippen LogP contribution in [0.5, 0.6) is 0 Å². The number of carbonyl (C=O) groups excluding carboxylic acids is 2. The van der Waals surface area contributed by atoms with Crippen LogP contribution in [0.4, 0.5) is 0 Å². The fraction of sp³-hybridized carbons (Fsp3) is 0.263. The molecule has 0 radical (unpaired) electrons. The van der Waals surface area contributed by atoms with E-state index in [4.69, 9.17) is 8.71 Å². The molecule has 0 bridgehead atoms. The SMILES string of the molecule is CO[Si](CO)(CO)CCc1ccc(S(=O)(=O)ON2C(=O)c3ccccc3C2=O)cc1. The number of aliphatic hydroxyl groups is 2. The van der Waals surface area contributed by atoms with Crippen LogP contribution >= 0.6 is 0 Å². The topological polar surface area (TPSA) is 130 Å². The third-order valence-corrected chi connectivity index (χ3v) is 9.39. The molecular weight excluding hydrogens is 430 g/mol. The molecule has 3 rings (SSSR count). The zero-order valence-corrected chi connectivity index (χ0v) is 18.0. The zero-order chi connectivity index (χ0) is 21.9. The average Bonchev–Trinajstić information content (AvgIpc) is 3.00. The van der Waals surface area contributed by atoms with Crippen molar-refractivity contribution < 1.29 is 36.9 Å². The van der Waals surface area contributed by atoms with E-state index in [9.17, 15) is 28.2 Å². The highest BCUT2D eigenvalue weighted by Gasteiger charge is 2.40. The normalized spacial score (nSPS) is 14.3. The predicted molar refractivity (Wildman–Crippen MR) is 107 cm³/mol. The molecule has 0 saturated heterocycles. The summed E-state index contributed by atoms with van der Waals surface area (Å²) in [6.07, 6.45) is 0.0297. The molecule has 160 valence electrons. The summed E-state index contributed by atoms with van der Waals surface area (Å²) >= 11 is 0. The number of nitrogens with zero attached hydrogens (tertiary/aromatic N) is 1. The molecule has 30 heavy (non-hydrogen) atoms. The number of aliphatic hydroxyl groups excluding tert-OH is 2. The van der Waals surface area contributed by atoms with Crippen molar-refractivity contribution in [1.29, 1.82) is 0 Å². The first kappa shape index (κ1) is 22.3. The maximum atomic E-state index is 12.6. The molecule has 0 unspecified atom stereocenters. The maximum absolute atomic E-state index is 12.6. The molecule has 2 N–H and O–H groups in total. The standard InChI is InChI=1S/C19H21NO8SSi/c1-27-30(12-21,13-22)11-10-14-6-8-15(9-7-14)29(25,26)28-20-18(23)16-4-2-3-5-17(16)19(20)24/h2-9,21-22H,10-13H2,1H3. The first-order chi connectivity index (χ1) is 14.3. The van der Waals surface area contributed by atoms with E-state index in [-0.39, 0.29) is 33.5 Å². The van der Waals surface area contributed by atoms with E-state index in [1.165, 1.54) is 31.4 Å². The number of carbonyl (C=O) groups is 2. The number of hydrogen-bond donors (Lipinski definition) is 2. The van der Waals surface area contributed by atoms with Crippen molar-refractivity contribution in [2.24, 2.45) is 0 Å². The molecule has 2 aromatic rings. The minimum absolute atomic E-state index is 0.0756. The Kier molecular flexibility index (Phi) is 6.50. The first-order valence-electron chi connectivity index (χ1n) is 9.05. The lowest BCUT2D eigenvalue weighted by molar-refractivity contribution is -0.0103. The molecule has 0 atom stereocenters. The molecule has 1 aliphatic rings. The van der Waals surface area contributed by atoms with E-state index in [1.54, 1.807) is 24.3 Å². The van der Waals surface area contributed by atoms with E-state index in [0.717, 1.165) is 5.56 Å². The molecule has 0 saturated carbocycles. The molecule has 9 nitrogen and oxygen atoms in total. The van der Waals surface area contributed by atoms with Crippen molar-refractivity contribution >= 4 is 30.2 Å². The van der Waals surface area contributed by atoms with Crippen LogP contribution in [0.15, 0.2) is 53.4 Å². The summed E-state index contributed by atoms with van der Waals surface area (Å²) in [5, 5.41) is 19.2. The Bertz CT molecular complexity index is 1010. The minimum Gasteiger partial charge on any atom is -0.415 e. The Morgan fingerprint density at radius 1 is 0.933 bits per heavy atom. The van der Waals surface area contributed by atoms with Gasteiger partial charge in [0.15, 0.2) is 0 Å². The molecule has 11 heteroatoms. The third-order valence-electron chi connectivity index (χ3n) is 5.02. The van der Waals surface area contributed by atoms with Crippen LogP contribution in [-0.2, 0) is 25.2 Å². The number of rotatable bonds is 9. The second kappa shape index (κ2) is 8.76. The number of hydroxylamine groups is 2.